The minimum absolute atomic E-state index is 0.0996. The third-order valence-corrected chi connectivity index (χ3v) is 7.74. The molecule has 224 valence electrons. The summed E-state index contributed by atoms with van der Waals surface area (Å²) in [6, 6.07) is 39.4. The van der Waals surface area contributed by atoms with Crippen LogP contribution in [-0.4, -0.2) is 28.1 Å². The predicted molar refractivity (Wildman–Crippen MR) is 174 cm³/mol. The van der Waals surface area contributed by atoms with Crippen molar-refractivity contribution in [2.75, 3.05) is 24.6 Å². The summed E-state index contributed by atoms with van der Waals surface area (Å²) >= 11 is 0. The number of nitro groups is 1. The number of nitrogens with two attached hydrogens (primary N) is 2. The fourth-order valence-electron chi connectivity index (χ4n) is 5.39. The molecule has 5 aromatic rings. The standard InChI is InChI=1S/C36H36N4O4/c37-31-16-11-28(12-17-31)33(29-13-18-32(38)19-14-29)23-39(22-26-7-3-1-4-8-26)35(24-41)30-15-20-36(34(21-30)40(42)43)44-25-27-9-5-2-6-10-27/h1-21,33,35,41H,22-25,37-38H2/t35-/m0/s1. The third kappa shape index (κ3) is 7.60. The van der Waals surface area contributed by atoms with Crippen LogP contribution in [0.4, 0.5) is 17.1 Å². The Hall–Kier alpha value is -5.18. The van der Waals surface area contributed by atoms with E-state index in [1.54, 1.807) is 12.1 Å². The molecular weight excluding hydrogens is 552 g/mol. The molecule has 0 aromatic heterocycles. The van der Waals surface area contributed by atoms with Crippen LogP contribution in [-0.2, 0) is 13.2 Å². The van der Waals surface area contributed by atoms with Crippen LogP contribution in [0.2, 0.25) is 0 Å². The molecule has 8 heteroatoms. The first-order valence-electron chi connectivity index (χ1n) is 14.5. The van der Waals surface area contributed by atoms with Gasteiger partial charge in [0.2, 0.25) is 0 Å². The predicted octanol–water partition coefficient (Wildman–Crippen LogP) is 6.71. The molecule has 0 bridgehead atoms. The molecule has 1 atom stereocenters. The summed E-state index contributed by atoms with van der Waals surface area (Å²) in [4.78, 5) is 13.9. The number of nitrogens with zero attached hydrogens (tertiary/aromatic N) is 2. The summed E-state index contributed by atoms with van der Waals surface area (Å²) in [7, 11) is 0. The van der Waals surface area contributed by atoms with Gasteiger partial charge >= 0.3 is 5.69 Å². The quantitative estimate of drug-likeness (QED) is 0.0793. The van der Waals surface area contributed by atoms with Crippen LogP contribution >= 0.6 is 0 Å². The minimum atomic E-state index is -0.540. The first-order chi connectivity index (χ1) is 21.4. The molecule has 0 spiro atoms. The van der Waals surface area contributed by atoms with E-state index in [9.17, 15) is 15.2 Å². The Kier molecular flexibility index (Phi) is 9.86. The van der Waals surface area contributed by atoms with E-state index in [2.05, 4.69) is 4.90 Å². The zero-order chi connectivity index (χ0) is 30.9. The van der Waals surface area contributed by atoms with E-state index in [1.165, 1.54) is 6.07 Å². The lowest BCUT2D eigenvalue weighted by Crippen LogP contribution is -2.35. The highest BCUT2D eigenvalue weighted by atomic mass is 16.6. The highest BCUT2D eigenvalue weighted by Gasteiger charge is 2.28. The van der Waals surface area contributed by atoms with Crippen LogP contribution in [0.1, 0.15) is 39.8 Å². The van der Waals surface area contributed by atoms with Gasteiger partial charge in [-0.2, -0.15) is 0 Å². The first-order valence-corrected chi connectivity index (χ1v) is 14.5. The lowest BCUT2D eigenvalue weighted by molar-refractivity contribution is -0.386. The van der Waals surface area contributed by atoms with Gasteiger partial charge in [0.05, 0.1) is 17.6 Å². The minimum Gasteiger partial charge on any atom is -0.482 e. The van der Waals surface area contributed by atoms with Crippen LogP contribution < -0.4 is 16.2 Å². The average Bonchev–Trinajstić information content (AvgIpc) is 3.05. The number of aliphatic hydroxyl groups is 1. The average molecular weight is 589 g/mol. The zero-order valence-electron chi connectivity index (χ0n) is 24.3. The van der Waals surface area contributed by atoms with Gasteiger partial charge in [-0.05, 0) is 58.1 Å². The van der Waals surface area contributed by atoms with E-state index in [-0.39, 0.29) is 30.6 Å². The second-order valence-electron chi connectivity index (χ2n) is 10.8. The van der Waals surface area contributed by atoms with E-state index >= 15 is 0 Å². The summed E-state index contributed by atoms with van der Waals surface area (Å²) < 4.78 is 5.87. The van der Waals surface area contributed by atoms with E-state index in [0.29, 0.717) is 30.0 Å². The number of hydrogen-bond acceptors (Lipinski definition) is 7. The fourth-order valence-corrected chi connectivity index (χ4v) is 5.39. The van der Waals surface area contributed by atoms with Crippen molar-refractivity contribution < 1.29 is 14.8 Å². The maximum atomic E-state index is 12.2. The number of nitrogen functional groups attached to an aromatic ring is 2. The first kappa shape index (κ1) is 30.3. The van der Waals surface area contributed by atoms with Gasteiger partial charge < -0.3 is 21.3 Å². The Morgan fingerprint density at radius 3 is 1.77 bits per heavy atom. The summed E-state index contributed by atoms with van der Waals surface area (Å²) in [5.74, 6) is 0.0768. The highest BCUT2D eigenvalue weighted by Crippen LogP contribution is 2.36. The number of ether oxygens (including phenoxy) is 1. The molecule has 5 N–H and O–H groups in total. The molecule has 5 aromatic carbocycles. The molecular formula is C36H36N4O4. The van der Waals surface area contributed by atoms with Crippen molar-refractivity contribution in [1.82, 2.24) is 4.90 Å². The van der Waals surface area contributed by atoms with E-state index in [0.717, 1.165) is 22.3 Å². The molecule has 44 heavy (non-hydrogen) atoms. The number of nitro benzene ring substituents is 1. The Labute approximate surface area is 257 Å². The third-order valence-electron chi connectivity index (χ3n) is 7.74. The SMILES string of the molecule is Nc1ccc(C(CN(Cc2ccccc2)[C@@H](CO)c2ccc(OCc3ccccc3)c([N+](=O)[O-])c2)c2ccc(N)cc2)cc1. The highest BCUT2D eigenvalue weighted by molar-refractivity contribution is 5.50. The van der Waals surface area contributed by atoms with Gasteiger partial charge in [0.1, 0.15) is 6.61 Å². The molecule has 0 amide bonds. The largest absolute Gasteiger partial charge is 0.482 e. The lowest BCUT2D eigenvalue weighted by atomic mass is 9.89. The second kappa shape index (κ2) is 14.3. The Bertz CT molecular complexity index is 1600. The van der Waals surface area contributed by atoms with E-state index in [4.69, 9.17) is 16.2 Å². The second-order valence-corrected chi connectivity index (χ2v) is 10.8. The maximum Gasteiger partial charge on any atom is 0.311 e. The normalized spacial score (nSPS) is 11.9. The lowest BCUT2D eigenvalue weighted by Gasteiger charge is -2.34. The molecule has 0 heterocycles. The van der Waals surface area contributed by atoms with Crippen LogP contribution in [0, 0.1) is 10.1 Å². The number of aliphatic hydroxyl groups excluding tert-OH is 1. The number of anilines is 2. The molecule has 0 aliphatic carbocycles. The Morgan fingerprint density at radius 1 is 0.727 bits per heavy atom. The van der Waals surface area contributed by atoms with Crippen LogP contribution in [0.15, 0.2) is 127 Å². The Morgan fingerprint density at radius 2 is 1.25 bits per heavy atom. The topological polar surface area (TPSA) is 128 Å². The van der Waals surface area contributed by atoms with Crippen LogP contribution in [0.5, 0.6) is 5.75 Å². The number of rotatable bonds is 13. The van der Waals surface area contributed by atoms with E-state index < -0.39 is 11.0 Å². The van der Waals surface area contributed by atoms with Gasteiger partial charge in [0, 0.05) is 36.4 Å². The Balaban J connectivity index is 1.51. The van der Waals surface area contributed by atoms with Crippen LogP contribution in [0.3, 0.4) is 0 Å². The van der Waals surface area contributed by atoms with Gasteiger partial charge in [0.15, 0.2) is 5.75 Å². The van der Waals surface area contributed by atoms with Gasteiger partial charge in [-0.25, -0.2) is 0 Å². The molecule has 0 saturated heterocycles. The maximum absolute atomic E-state index is 12.2. The molecule has 0 aliphatic heterocycles. The number of benzene rings is 5. The van der Waals surface area contributed by atoms with Crippen molar-refractivity contribution in [1.29, 1.82) is 0 Å². The van der Waals surface area contributed by atoms with Crippen molar-refractivity contribution in [3.63, 3.8) is 0 Å². The fraction of sp³-hybridized carbons (Fsp3) is 0.167. The van der Waals surface area contributed by atoms with Gasteiger partial charge in [-0.15, -0.1) is 0 Å². The molecule has 8 nitrogen and oxygen atoms in total. The molecule has 0 radical (unpaired) electrons. The van der Waals surface area contributed by atoms with Crippen LogP contribution in [0.25, 0.3) is 0 Å². The summed E-state index contributed by atoms with van der Waals surface area (Å²) in [6.45, 7) is 0.973. The van der Waals surface area contributed by atoms with Gasteiger partial charge in [-0.3, -0.25) is 15.0 Å². The van der Waals surface area contributed by atoms with Gasteiger partial charge in [-0.1, -0.05) is 91.0 Å². The molecule has 0 aliphatic rings. The monoisotopic (exact) mass is 588 g/mol. The molecule has 5 rings (SSSR count). The summed E-state index contributed by atoms with van der Waals surface area (Å²) in [5.41, 5.74) is 17.9. The van der Waals surface area contributed by atoms with Crippen molar-refractivity contribution in [3.05, 3.63) is 165 Å². The molecule has 0 saturated carbocycles. The number of hydrogen-bond donors (Lipinski definition) is 3. The molecule has 0 unspecified atom stereocenters. The van der Waals surface area contributed by atoms with Gasteiger partial charge in [0.25, 0.3) is 0 Å². The van der Waals surface area contributed by atoms with Crippen molar-refractivity contribution in [2.24, 2.45) is 0 Å². The van der Waals surface area contributed by atoms with Crippen molar-refractivity contribution >= 4 is 17.1 Å². The zero-order valence-corrected chi connectivity index (χ0v) is 24.3. The smallest absolute Gasteiger partial charge is 0.311 e. The van der Waals surface area contributed by atoms with Crippen molar-refractivity contribution in [3.8, 4) is 5.75 Å². The van der Waals surface area contributed by atoms with E-state index in [1.807, 2.05) is 109 Å². The van der Waals surface area contributed by atoms with Crippen molar-refractivity contribution in [2.45, 2.75) is 25.1 Å². The summed E-state index contributed by atoms with van der Waals surface area (Å²) in [5, 5.41) is 23.0. The summed E-state index contributed by atoms with van der Waals surface area (Å²) in [6.07, 6.45) is 0. The molecule has 0 fully saturated rings.